The van der Waals surface area contributed by atoms with Crippen LogP contribution in [0.15, 0.2) is 0 Å². The molecule has 0 aliphatic rings. The zero-order chi connectivity index (χ0) is 0. The minimum Gasteiger partial charge on any atom is -2.00 e. The Morgan fingerprint density at radius 2 is 0.400 bits per heavy atom. The van der Waals surface area contributed by atoms with Crippen LogP contribution in [0.4, 0.5) is 0 Å². The largest absolute Gasteiger partial charge is 2.00 e. The van der Waals surface area contributed by atoms with Gasteiger partial charge < -0.3 is 16.4 Å². The van der Waals surface area contributed by atoms with Crippen LogP contribution < -0.4 is 0 Å². The van der Waals surface area contributed by atoms with Gasteiger partial charge in [-0.3, -0.25) is 0 Å². The van der Waals surface area contributed by atoms with Crippen molar-refractivity contribution in [3.05, 3.63) is 0 Å². The smallest absolute Gasteiger partial charge is 0 e. The fraction of sp³-hybridized carbons (Fsp3) is 0. The Morgan fingerprint density at radius 3 is 0.400 bits per heavy atom. The van der Waals surface area contributed by atoms with Crippen LogP contribution in [0.3, 0.4) is 0 Å². The summed E-state index contributed by atoms with van der Waals surface area (Å²) in [6.07, 6.45) is 0. The molecule has 0 aliphatic carbocycles. The molecule has 3 nitrogen and oxygen atoms in total. The Kier molecular flexibility index (Phi) is 0.147. The van der Waals surface area contributed by atoms with Crippen LogP contribution >= 0.6 is 0 Å². The predicted molar refractivity (Wildman–Crippen MR) is 2.06 cm³/mol. The van der Waals surface area contributed by atoms with Crippen LogP contribution in [-0.2, 0) is 16.4 Å². The maximum Gasteiger partial charge on any atom is 0 e. The first-order chi connectivity index (χ1) is 0. The van der Waals surface area contributed by atoms with E-state index in [-0.39, 0.29) is 16.4 Å². The molecule has 0 spiro atoms. The van der Waals surface area contributed by atoms with E-state index in [1.807, 2.05) is 0 Å². The number of hydrogen-bond acceptors (Lipinski definition) is 0. The van der Waals surface area contributed by atoms with Crippen molar-refractivity contribution >= 4 is 0 Å². The van der Waals surface area contributed by atoms with Crippen LogP contribution in [0.5, 0.6) is 0 Å². The van der Waals surface area contributed by atoms with E-state index in [0.29, 0.717) is 0 Å². The van der Waals surface area contributed by atoms with Gasteiger partial charge in [-0.2, -0.15) is 0 Å². The minimum absolute atomic E-state index is 0. The molecule has 0 saturated heterocycles. The first-order valence-corrected chi connectivity index (χ1v) is 0. The fourth-order valence-electron chi connectivity index (χ4n) is 0. The second-order valence-electron chi connectivity index (χ2n) is 0. The maximum atomic E-state index is 0. The van der Waals surface area contributed by atoms with E-state index in [9.17, 15) is 0 Å². The van der Waals surface area contributed by atoms with E-state index in [0.717, 1.165) is 0 Å². The minimum atomic E-state index is 0. The van der Waals surface area contributed by atoms with E-state index in [4.69, 9.17) is 0 Å². The average Bonchev–Trinajstić information content (AvgIpc) is 0. The van der Waals surface area contributed by atoms with Crippen molar-refractivity contribution in [2.75, 3.05) is 0 Å². The monoisotopic (exact) mass is 572 g/mol. The Labute approximate surface area is 17.8 Å². The van der Waals surface area contributed by atoms with Gasteiger partial charge in [-0.15, -0.1) is 0 Å². The summed E-state index contributed by atoms with van der Waals surface area (Å²) in [5, 5.41) is 0. The topological polar surface area (TPSA) is 85.5 Å². The molecule has 0 fully saturated rings. The summed E-state index contributed by atoms with van der Waals surface area (Å²) < 4.78 is 0. The van der Waals surface area contributed by atoms with Crippen molar-refractivity contribution in [3.8, 4) is 0 Å². The third kappa shape index (κ3) is 0.00602. The Balaban J connectivity index is 0. The van der Waals surface area contributed by atoms with Crippen LogP contribution in [0, 0.1) is 0 Å². The van der Waals surface area contributed by atoms with Crippen molar-refractivity contribution in [1.82, 2.24) is 0 Å². The van der Waals surface area contributed by atoms with Crippen molar-refractivity contribution in [2.45, 2.75) is 0 Å². The van der Waals surface area contributed by atoms with Gasteiger partial charge >= 0.3 is 0 Å². The molecule has 0 saturated carbocycles. The van der Waals surface area contributed by atoms with Crippen LogP contribution in [0.1, 0.15) is 0 Å². The van der Waals surface area contributed by atoms with Crippen LogP contribution in [0.25, 0.3) is 0 Å². The van der Waals surface area contributed by atoms with Gasteiger partial charge in [-0.05, 0) is 0 Å². The molecule has 0 bridgehead atoms. The Bertz CT molecular complexity index is 4.85. The molecule has 2 radical (unpaired) electrons. The molecule has 0 aromatic rings. The molecular weight excluding hydrogens is 572 g/mol. The second kappa shape index (κ2) is 0.324. The molecule has 0 N–H and O–H groups in total. The first-order valence-electron chi connectivity index (χ1n) is 0. The van der Waals surface area contributed by atoms with Crippen molar-refractivity contribution in [3.63, 3.8) is 0 Å². The summed E-state index contributed by atoms with van der Waals surface area (Å²) in [5.41, 5.74) is 0. The van der Waals surface area contributed by atoms with Gasteiger partial charge in [0.25, 0.3) is 0 Å². The van der Waals surface area contributed by atoms with E-state index in [2.05, 4.69) is 0 Å². The molecule has 0 aromatic carbocycles. The summed E-state index contributed by atoms with van der Waals surface area (Å²) in [6.45, 7) is 0. The SMILES string of the molecule is [Lr].[Lr].[O-2].[O-2].[O-2]. The van der Waals surface area contributed by atoms with E-state index >= 15 is 0 Å². The maximum absolute atomic E-state index is 0. The molecule has 0 unspecified atom stereocenters. The summed E-state index contributed by atoms with van der Waals surface area (Å²) in [7, 11) is 0. The fourth-order valence-corrected chi connectivity index (χ4v) is 0. The van der Waals surface area contributed by atoms with Crippen molar-refractivity contribution < 1.29 is 16.4 Å². The van der Waals surface area contributed by atoms with E-state index in [1.165, 1.54) is 0 Å². The third-order valence-electron chi connectivity index (χ3n) is 0. The molecule has 0 amide bonds. The zero-order valence-electron chi connectivity index (χ0n) is 1.74. The van der Waals surface area contributed by atoms with Gasteiger partial charge in [0.05, 0.1) is 0 Å². The van der Waals surface area contributed by atoms with Crippen LogP contribution in [0.2, 0.25) is 0 Å². The molecule has 5 heteroatoms. The molecule has 0 atom stereocenters. The molecule has 0 aromatic heterocycles. The van der Waals surface area contributed by atoms with E-state index < -0.39 is 0 Å². The molecule has 0 heterocycles. The average molecular weight is 572 g/mol. The van der Waals surface area contributed by atoms with E-state index in [1.54, 1.807) is 0 Å². The third-order valence-corrected chi connectivity index (χ3v) is 0. The zero-order valence-corrected chi connectivity index (χ0v) is 6.04. The van der Waals surface area contributed by atoms with Gasteiger partial charge in [-0.1, -0.05) is 0 Å². The molecule has 5 heavy (non-hydrogen) atoms. The summed E-state index contributed by atoms with van der Waals surface area (Å²) in [5.74, 6) is 0. The van der Waals surface area contributed by atoms with Crippen molar-refractivity contribution in [1.29, 1.82) is 0 Å². The van der Waals surface area contributed by atoms with Gasteiger partial charge in [-0.25, -0.2) is 0 Å². The van der Waals surface area contributed by atoms with Crippen LogP contribution in [-0.4, -0.2) is 0 Å². The van der Waals surface area contributed by atoms with Gasteiger partial charge in [0.1, 0.15) is 0 Å². The predicted octanol–water partition coefficient (Wildman–Crippen LogP) is -0.356. The summed E-state index contributed by atoms with van der Waals surface area (Å²) >= 11 is 0. The summed E-state index contributed by atoms with van der Waals surface area (Å²) in [6, 6.07) is 0. The second-order valence-corrected chi connectivity index (χ2v) is 0. The van der Waals surface area contributed by atoms with Gasteiger partial charge in [0, 0.05) is 0 Å². The Morgan fingerprint density at radius 1 is 0.400 bits per heavy atom. The quantitative estimate of drug-likeness (QED) is 0.381. The Hall–Kier alpha value is -2.12. The van der Waals surface area contributed by atoms with Gasteiger partial charge in [0.15, 0.2) is 0 Å². The normalized spacial score (nSPS) is 0. The first kappa shape index (κ1) is 2.26. The standard InChI is InChI=1S/2Lr.3O/q;;3*-2. The molecule has 0 rings (SSSR count). The molecule has 54 valence electrons. The molecule has 0 aliphatic heterocycles. The summed E-state index contributed by atoms with van der Waals surface area (Å²) in [4.78, 5) is 0. The number of hydrogen-bond donors (Lipinski definition) is 0. The molecular formula is Lr2O3-6. The number of rotatable bonds is 0. The van der Waals surface area contributed by atoms with Crippen molar-refractivity contribution in [2.24, 2.45) is 0 Å². The van der Waals surface area contributed by atoms with Gasteiger partial charge in [0.2, 0.25) is 0 Å².